The van der Waals surface area contributed by atoms with Crippen LogP contribution in [0.25, 0.3) is 0 Å². The average molecular weight is 234 g/mol. The quantitative estimate of drug-likeness (QED) is 0.812. The van der Waals surface area contributed by atoms with Crippen molar-refractivity contribution in [1.82, 2.24) is 5.06 Å². The highest BCUT2D eigenvalue weighted by Crippen LogP contribution is 2.48. The number of hydrogen-bond acceptors (Lipinski definition) is 2. The molecule has 1 N–H and O–H groups in total. The fraction of sp³-hybridized carbons (Fsp3) is 0.462. The van der Waals surface area contributed by atoms with Crippen LogP contribution >= 0.6 is 0 Å². The van der Waals surface area contributed by atoms with Crippen molar-refractivity contribution in [3.05, 3.63) is 34.9 Å². The fourth-order valence-electron chi connectivity index (χ4n) is 2.63. The van der Waals surface area contributed by atoms with Gasteiger partial charge >= 0.3 is 5.97 Å². The van der Waals surface area contributed by atoms with Gasteiger partial charge in [0.15, 0.2) is 0 Å². The Hall–Kier alpha value is -1.39. The predicted octanol–water partition coefficient (Wildman–Crippen LogP) is 2.52. The van der Waals surface area contributed by atoms with Gasteiger partial charge in [-0.2, -0.15) is 0 Å². The number of hydroxylamine groups is 2. The lowest BCUT2D eigenvalue weighted by molar-refractivity contribution is -0.266. The molecule has 1 radical (unpaired) electrons. The van der Waals surface area contributed by atoms with E-state index in [2.05, 4.69) is 0 Å². The fourth-order valence-corrected chi connectivity index (χ4v) is 2.63. The predicted molar refractivity (Wildman–Crippen MR) is 62.0 cm³/mol. The van der Waals surface area contributed by atoms with E-state index in [0.717, 1.165) is 16.2 Å². The summed E-state index contributed by atoms with van der Waals surface area (Å²) in [5, 5.41) is 22.3. The zero-order valence-corrected chi connectivity index (χ0v) is 10.4. The second-order valence-corrected chi connectivity index (χ2v) is 5.48. The van der Waals surface area contributed by atoms with E-state index in [1.165, 1.54) is 0 Å². The summed E-state index contributed by atoms with van der Waals surface area (Å²) in [7, 11) is 0. The van der Waals surface area contributed by atoms with Crippen LogP contribution in [-0.2, 0) is 16.3 Å². The topological polar surface area (TPSA) is 60.4 Å². The maximum atomic E-state index is 12.3. The Balaban J connectivity index is 2.68. The molecule has 0 atom stereocenters. The van der Waals surface area contributed by atoms with Gasteiger partial charge in [-0.05, 0) is 51.0 Å². The Morgan fingerprint density at radius 3 is 2.18 bits per heavy atom. The summed E-state index contributed by atoms with van der Waals surface area (Å²) >= 11 is 0. The van der Waals surface area contributed by atoms with Crippen LogP contribution in [0.5, 0.6) is 0 Å². The van der Waals surface area contributed by atoms with Crippen LogP contribution in [0.3, 0.4) is 0 Å². The van der Waals surface area contributed by atoms with Crippen molar-refractivity contribution in [2.24, 2.45) is 0 Å². The van der Waals surface area contributed by atoms with Crippen molar-refractivity contribution in [1.29, 1.82) is 0 Å². The van der Waals surface area contributed by atoms with Gasteiger partial charge in [-0.15, -0.1) is 10.3 Å². The molecule has 0 saturated carbocycles. The third-order valence-corrected chi connectivity index (χ3v) is 3.60. The molecule has 17 heavy (non-hydrogen) atoms. The Labute approximate surface area is 100 Å². The van der Waals surface area contributed by atoms with Gasteiger partial charge in [0.1, 0.15) is 0 Å². The number of aromatic carboxylic acids is 1. The van der Waals surface area contributed by atoms with E-state index in [1.54, 1.807) is 18.2 Å². The molecule has 0 fully saturated rings. The molecule has 4 nitrogen and oxygen atoms in total. The van der Waals surface area contributed by atoms with Crippen molar-refractivity contribution in [3.8, 4) is 0 Å². The molecule has 0 amide bonds. The molecule has 0 unspecified atom stereocenters. The van der Waals surface area contributed by atoms with E-state index in [0.29, 0.717) is 0 Å². The molecule has 0 aromatic heterocycles. The number of nitrogens with zero attached hydrogens (tertiary/aromatic N) is 1. The lowest BCUT2D eigenvalue weighted by Gasteiger charge is -2.32. The van der Waals surface area contributed by atoms with Gasteiger partial charge in [0.2, 0.25) is 0 Å². The number of carbonyl (C=O) groups is 1. The number of carboxylic acids is 1. The second-order valence-electron chi connectivity index (χ2n) is 5.48. The Kier molecular flexibility index (Phi) is 2.35. The molecule has 1 aliphatic heterocycles. The van der Waals surface area contributed by atoms with Crippen LogP contribution in [0.15, 0.2) is 18.2 Å². The van der Waals surface area contributed by atoms with E-state index in [1.807, 2.05) is 27.7 Å². The lowest BCUT2D eigenvalue weighted by atomic mass is 9.89. The minimum atomic E-state index is -0.967. The maximum Gasteiger partial charge on any atom is 0.335 e. The van der Waals surface area contributed by atoms with Crippen LogP contribution in [0.1, 0.15) is 49.2 Å². The van der Waals surface area contributed by atoms with Crippen LogP contribution in [-0.4, -0.2) is 16.1 Å². The number of rotatable bonds is 1. The molecular formula is C13H16NO3. The Bertz CT molecular complexity index is 491. The first-order chi connectivity index (χ1) is 7.69. The van der Waals surface area contributed by atoms with Gasteiger partial charge in [0.05, 0.1) is 16.6 Å². The number of benzene rings is 1. The first-order valence-electron chi connectivity index (χ1n) is 5.55. The van der Waals surface area contributed by atoms with Crippen molar-refractivity contribution < 1.29 is 15.1 Å². The SMILES string of the molecule is CC1(C)c2ccc(C(=O)O)cc2C(C)(C)N1[O]. The van der Waals surface area contributed by atoms with Crippen molar-refractivity contribution in [3.63, 3.8) is 0 Å². The minimum Gasteiger partial charge on any atom is -0.478 e. The van der Waals surface area contributed by atoms with Gasteiger partial charge in [0.25, 0.3) is 0 Å². The van der Waals surface area contributed by atoms with E-state index in [4.69, 9.17) is 5.11 Å². The van der Waals surface area contributed by atoms with Gasteiger partial charge in [-0.1, -0.05) is 6.07 Å². The first-order valence-corrected chi connectivity index (χ1v) is 5.55. The summed E-state index contributed by atoms with van der Waals surface area (Å²) in [4.78, 5) is 11.0. The van der Waals surface area contributed by atoms with Crippen LogP contribution in [0, 0.1) is 0 Å². The van der Waals surface area contributed by atoms with Crippen LogP contribution in [0.2, 0.25) is 0 Å². The molecule has 1 heterocycles. The Morgan fingerprint density at radius 1 is 1.12 bits per heavy atom. The highest BCUT2D eigenvalue weighted by Gasteiger charge is 2.50. The zero-order valence-electron chi connectivity index (χ0n) is 10.4. The van der Waals surface area contributed by atoms with Crippen LogP contribution in [0.4, 0.5) is 0 Å². The third-order valence-electron chi connectivity index (χ3n) is 3.60. The summed E-state index contributed by atoms with van der Waals surface area (Å²) in [6, 6.07) is 4.91. The number of hydrogen-bond donors (Lipinski definition) is 1. The van der Waals surface area contributed by atoms with Crippen molar-refractivity contribution in [2.75, 3.05) is 0 Å². The van der Waals surface area contributed by atoms with E-state index < -0.39 is 17.0 Å². The largest absolute Gasteiger partial charge is 0.478 e. The molecule has 4 heteroatoms. The van der Waals surface area contributed by atoms with Crippen molar-refractivity contribution >= 4 is 5.97 Å². The van der Waals surface area contributed by atoms with Gasteiger partial charge in [-0.3, -0.25) is 0 Å². The molecule has 2 rings (SSSR count). The molecule has 0 spiro atoms. The van der Waals surface area contributed by atoms with E-state index in [-0.39, 0.29) is 5.56 Å². The molecule has 0 bridgehead atoms. The number of fused-ring (bicyclic) bond motifs is 1. The Morgan fingerprint density at radius 2 is 1.65 bits per heavy atom. The van der Waals surface area contributed by atoms with Crippen LogP contribution < -0.4 is 0 Å². The van der Waals surface area contributed by atoms with Gasteiger partial charge in [0, 0.05) is 0 Å². The molecular weight excluding hydrogens is 218 g/mol. The second kappa shape index (κ2) is 3.31. The summed E-state index contributed by atoms with van der Waals surface area (Å²) in [5.74, 6) is -0.967. The summed E-state index contributed by atoms with van der Waals surface area (Å²) < 4.78 is 0. The van der Waals surface area contributed by atoms with Gasteiger partial charge in [-0.25, -0.2) is 4.79 Å². The highest BCUT2D eigenvalue weighted by molar-refractivity contribution is 5.88. The normalized spacial score (nSPS) is 21.2. The average Bonchev–Trinajstić information content (AvgIpc) is 2.38. The zero-order chi connectivity index (χ0) is 13.0. The van der Waals surface area contributed by atoms with Gasteiger partial charge < -0.3 is 5.11 Å². The third kappa shape index (κ3) is 1.48. The summed E-state index contributed by atoms with van der Waals surface area (Å²) in [6.45, 7) is 7.35. The van der Waals surface area contributed by atoms with E-state index >= 15 is 0 Å². The summed E-state index contributed by atoms with van der Waals surface area (Å²) in [5.41, 5.74) is 0.628. The lowest BCUT2D eigenvalue weighted by Crippen LogP contribution is -2.41. The van der Waals surface area contributed by atoms with Crippen molar-refractivity contribution in [2.45, 2.75) is 38.8 Å². The van der Waals surface area contributed by atoms with E-state index in [9.17, 15) is 10.0 Å². The molecule has 1 aromatic rings. The smallest absolute Gasteiger partial charge is 0.335 e. The molecule has 1 aliphatic rings. The molecule has 0 aliphatic carbocycles. The monoisotopic (exact) mass is 234 g/mol. The maximum absolute atomic E-state index is 12.3. The first kappa shape index (κ1) is 12.1. The highest BCUT2D eigenvalue weighted by atomic mass is 16.5. The summed E-state index contributed by atoms with van der Waals surface area (Å²) in [6.07, 6.45) is 0. The number of carboxylic acid groups (broad SMARTS) is 1. The molecule has 0 saturated heterocycles. The molecule has 91 valence electrons. The standard InChI is InChI=1S/C13H16NO3/c1-12(2)9-6-5-8(11(15)16)7-10(9)13(3,4)14(12)17/h5-7H,1-4H3,(H,15,16). The minimum absolute atomic E-state index is 0.225. The molecule has 1 aromatic carbocycles.